The van der Waals surface area contributed by atoms with E-state index in [1.54, 1.807) is 0 Å². The summed E-state index contributed by atoms with van der Waals surface area (Å²) in [6.45, 7) is 1.30. The minimum Gasteiger partial charge on any atom is -0.507 e. The standard InChI is InChI=1S/C43H20F10N4O5/c1-13-41(59)16(11-14-15(43(60)61-2)12-25(58)62-42(13)14)26-19-7-9-23(56-19)27(29-31(44)35(48)39(52)36(49)32(29)45)21-5-3-17(54-21)18-4-6-22(55-18)28(24-10-8-20(26)57-24)30-33(46)37(50)40(53)38(51)34(30)47/h3-12,54-56,59H,1-2H3. The van der Waals surface area contributed by atoms with Gasteiger partial charge in [-0.15, -0.1) is 0 Å². The van der Waals surface area contributed by atoms with Gasteiger partial charge in [-0.1, -0.05) is 0 Å². The van der Waals surface area contributed by atoms with Crippen molar-refractivity contribution >= 4 is 62.2 Å². The molecule has 3 aromatic carbocycles. The van der Waals surface area contributed by atoms with Crippen LogP contribution in [0.25, 0.3) is 89.6 Å². The van der Waals surface area contributed by atoms with Crippen molar-refractivity contribution < 1.29 is 63.0 Å². The zero-order chi connectivity index (χ0) is 44.2. The molecular weight excluding hydrogens is 842 g/mol. The van der Waals surface area contributed by atoms with Gasteiger partial charge in [-0.25, -0.2) is 58.5 Å². The Labute approximate surface area is 337 Å². The van der Waals surface area contributed by atoms with Gasteiger partial charge in [-0.2, -0.15) is 0 Å². The lowest BCUT2D eigenvalue weighted by atomic mass is 9.96. The molecule has 1 aliphatic heterocycles. The number of nitrogens with one attached hydrogen (secondary N) is 3. The first-order valence-corrected chi connectivity index (χ1v) is 17.8. The fourth-order valence-electron chi connectivity index (χ4n) is 7.52. The number of esters is 1. The van der Waals surface area contributed by atoms with E-state index in [-0.39, 0.29) is 72.0 Å². The van der Waals surface area contributed by atoms with Gasteiger partial charge in [0.15, 0.2) is 46.5 Å². The maximum atomic E-state index is 15.7. The van der Waals surface area contributed by atoms with Crippen LogP contribution in [0.1, 0.15) is 27.3 Å². The molecule has 0 amide bonds. The van der Waals surface area contributed by atoms with Crippen LogP contribution in [-0.4, -0.2) is 38.1 Å². The number of phenols is 1. The minimum absolute atomic E-state index is 0.0371. The van der Waals surface area contributed by atoms with E-state index in [9.17, 15) is 41.0 Å². The van der Waals surface area contributed by atoms with Crippen molar-refractivity contribution in [3.63, 3.8) is 0 Å². The lowest BCUT2D eigenvalue weighted by Crippen LogP contribution is -2.09. The van der Waals surface area contributed by atoms with E-state index in [1.165, 1.54) is 55.5 Å². The monoisotopic (exact) mass is 862 g/mol. The van der Waals surface area contributed by atoms with Gasteiger partial charge in [-0.05, 0) is 61.5 Å². The van der Waals surface area contributed by atoms with E-state index < -0.39 is 103 Å². The normalized spacial score (nSPS) is 12.0. The Kier molecular flexibility index (Phi) is 9.04. The van der Waals surface area contributed by atoms with Crippen LogP contribution >= 0.6 is 0 Å². The Morgan fingerprint density at radius 3 is 1.48 bits per heavy atom. The summed E-state index contributed by atoms with van der Waals surface area (Å²) in [5.74, 6) is -24.5. The Morgan fingerprint density at radius 2 is 0.984 bits per heavy atom. The van der Waals surface area contributed by atoms with Gasteiger partial charge in [0.2, 0.25) is 11.6 Å². The number of aromatic amines is 3. The van der Waals surface area contributed by atoms with Gasteiger partial charge in [0.25, 0.3) is 0 Å². The molecule has 5 aromatic heterocycles. The third kappa shape index (κ3) is 5.75. The highest BCUT2D eigenvalue weighted by molar-refractivity contribution is 6.08. The summed E-state index contributed by atoms with van der Waals surface area (Å²) in [4.78, 5) is 38.4. The minimum atomic E-state index is -2.44. The number of aromatic nitrogens is 4. The van der Waals surface area contributed by atoms with E-state index in [0.717, 1.165) is 19.3 Å². The average molecular weight is 863 g/mol. The van der Waals surface area contributed by atoms with Crippen molar-refractivity contribution in [1.29, 1.82) is 0 Å². The molecule has 0 radical (unpaired) electrons. The first-order chi connectivity index (χ1) is 29.5. The van der Waals surface area contributed by atoms with Gasteiger partial charge in [0, 0.05) is 61.3 Å². The molecule has 0 unspecified atom stereocenters. The molecule has 0 spiro atoms. The lowest BCUT2D eigenvalue weighted by molar-refractivity contribution is 0.0602. The van der Waals surface area contributed by atoms with Crippen LogP contribution in [0.4, 0.5) is 43.9 Å². The average Bonchev–Trinajstić information content (AvgIpc) is 4.11. The number of aromatic hydroxyl groups is 1. The Balaban J connectivity index is 1.53. The highest BCUT2D eigenvalue weighted by Crippen LogP contribution is 2.44. The van der Waals surface area contributed by atoms with Crippen LogP contribution in [0.2, 0.25) is 0 Å². The first-order valence-electron chi connectivity index (χ1n) is 17.8. The first kappa shape index (κ1) is 39.6. The molecule has 8 aromatic rings. The topological polar surface area (TPSA) is 137 Å². The highest BCUT2D eigenvalue weighted by Gasteiger charge is 2.32. The van der Waals surface area contributed by atoms with E-state index >= 15 is 17.6 Å². The van der Waals surface area contributed by atoms with Gasteiger partial charge in [-0.3, -0.25) is 0 Å². The molecule has 0 atom stereocenters. The Bertz CT molecular complexity index is 3490. The molecule has 4 N–H and O–H groups in total. The number of fused-ring (bicyclic) bond motifs is 10. The van der Waals surface area contributed by atoms with Crippen LogP contribution in [-0.2, 0) is 4.74 Å². The molecule has 312 valence electrons. The number of rotatable bonds is 4. The molecule has 0 saturated heterocycles. The van der Waals surface area contributed by atoms with E-state index in [4.69, 9.17) is 9.15 Å². The van der Waals surface area contributed by atoms with Crippen molar-refractivity contribution in [2.75, 3.05) is 7.11 Å². The van der Waals surface area contributed by atoms with Crippen molar-refractivity contribution in [2.45, 2.75) is 6.92 Å². The quantitative estimate of drug-likeness (QED) is 0.0457. The van der Waals surface area contributed by atoms with Crippen molar-refractivity contribution in [3.05, 3.63) is 140 Å². The largest absolute Gasteiger partial charge is 0.507 e. The van der Waals surface area contributed by atoms with E-state index in [1.807, 2.05) is 0 Å². The Morgan fingerprint density at radius 1 is 0.581 bits per heavy atom. The van der Waals surface area contributed by atoms with Crippen LogP contribution in [0, 0.1) is 65.1 Å². The van der Waals surface area contributed by atoms with Crippen LogP contribution in [0.15, 0.2) is 57.7 Å². The predicted molar refractivity (Wildman–Crippen MR) is 205 cm³/mol. The molecule has 8 bridgehead atoms. The van der Waals surface area contributed by atoms with Crippen LogP contribution in [0.5, 0.6) is 5.75 Å². The number of carbonyl (C=O) groups excluding carboxylic acids is 1. The van der Waals surface area contributed by atoms with E-state index in [2.05, 4.69) is 19.9 Å². The molecule has 62 heavy (non-hydrogen) atoms. The predicted octanol–water partition coefficient (Wildman–Crippen LogP) is 11.0. The molecule has 0 aliphatic carbocycles. The molecule has 9 rings (SSSR count). The third-order valence-corrected chi connectivity index (χ3v) is 10.4. The lowest BCUT2D eigenvalue weighted by Gasteiger charge is -2.13. The number of halogens is 10. The molecule has 19 heteroatoms. The highest BCUT2D eigenvalue weighted by atomic mass is 19.2. The summed E-state index contributed by atoms with van der Waals surface area (Å²) < 4.78 is 161. The smallest absolute Gasteiger partial charge is 0.338 e. The van der Waals surface area contributed by atoms with Gasteiger partial charge in [0.1, 0.15) is 11.3 Å². The molecule has 1 aliphatic rings. The number of hydrogen-bond acceptors (Lipinski definition) is 6. The number of hydrogen-bond donors (Lipinski definition) is 4. The van der Waals surface area contributed by atoms with Crippen LogP contribution in [0.3, 0.4) is 0 Å². The number of nitrogens with zero attached hydrogens (tertiary/aromatic N) is 1. The maximum absolute atomic E-state index is 15.7. The molecule has 6 heterocycles. The van der Waals surface area contributed by atoms with Crippen molar-refractivity contribution in [3.8, 4) is 39.1 Å². The summed E-state index contributed by atoms with van der Waals surface area (Å²) in [6.07, 6.45) is 2.35. The number of methoxy groups -OCH3 is 1. The van der Waals surface area contributed by atoms with Gasteiger partial charge < -0.3 is 29.2 Å². The number of ether oxygens (including phenoxy) is 1. The maximum Gasteiger partial charge on any atom is 0.338 e. The fraction of sp³-hybridized carbons (Fsp3) is 0.0465. The SMILES string of the molecule is COC(=O)c1cc(=O)oc2c(C)c(O)c(-c3c4nc(c(-c5c(F)c(F)c(F)c(F)c5F)c5ccc([nH]5)c5ccc([nH]5)c(-c5c(F)c(F)c(F)c(F)c5F)c5ccc3[nH]5)C=C4)cc12. The second-order valence-electron chi connectivity index (χ2n) is 13.8. The van der Waals surface area contributed by atoms with Gasteiger partial charge in [0.05, 0.1) is 46.2 Å². The number of phenolic OH excluding ortho intramolecular Hbond substituents is 1. The second kappa shape index (κ2) is 14.1. The third-order valence-electron chi connectivity index (χ3n) is 10.4. The summed E-state index contributed by atoms with van der Waals surface area (Å²) in [7, 11) is 1.03. The molecule has 0 saturated carbocycles. The zero-order valence-electron chi connectivity index (χ0n) is 31.1. The number of carbonyl (C=O) groups is 1. The zero-order valence-corrected chi connectivity index (χ0v) is 31.1. The van der Waals surface area contributed by atoms with Crippen molar-refractivity contribution in [1.82, 2.24) is 19.9 Å². The molecular formula is C43H20F10N4O5. The number of H-pyrrole nitrogens is 3. The number of aryl methyl sites for hydroxylation is 1. The second-order valence-corrected chi connectivity index (χ2v) is 13.8. The molecule has 9 nitrogen and oxygen atoms in total. The van der Waals surface area contributed by atoms with Crippen LogP contribution < -0.4 is 5.63 Å². The molecule has 0 fully saturated rings. The summed E-state index contributed by atoms with van der Waals surface area (Å²) in [6, 6.07) is 9.41. The number of benzene rings is 3. The van der Waals surface area contributed by atoms with Crippen molar-refractivity contribution in [2.24, 2.45) is 0 Å². The summed E-state index contributed by atoms with van der Waals surface area (Å²) in [5.41, 5.74) is -7.78. The Hall–Kier alpha value is -7.83. The van der Waals surface area contributed by atoms with Gasteiger partial charge >= 0.3 is 11.6 Å². The van der Waals surface area contributed by atoms with E-state index in [0.29, 0.717) is 0 Å². The summed E-state index contributed by atoms with van der Waals surface area (Å²) >= 11 is 0. The fourth-order valence-corrected chi connectivity index (χ4v) is 7.52. The summed E-state index contributed by atoms with van der Waals surface area (Å²) in [5, 5.41) is 11.7.